The van der Waals surface area contributed by atoms with Gasteiger partial charge < -0.3 is 9.64 Å². The van der Waals surface area contributed by atoms with E-state index in [9.17, 15) is 4.79 Å². The third kappa shape index (κ3) is 2.83. The SMILES string of the molecule is C=CCN1C(=O)C2(Oc3ccc(Br)cc3C3CC(c4ccc(C)cc4)=NN32)c2ccccc21. The van der Waals surface area contributed by atoms with Crippen molar-refractivity contribution < 1.29 is 9.53 Å². The number of ether oxygens (including phenoxy) is 1. The first-order valence-electron chi connectivity index (χ1n) is 11.0. The molecule has 3 aromatic carbocycles. The van der Waals surface area contributed by atoms with Gasteiger partial charge in [0.05, 0.1) is 23.0 Å². The molecule has 0 bridgehead atoms. The second-order valence-corrected chi connectivity index (χ2v) is 9.54. The number of nitrogens with zero attached hydrogens (tertiary/aromatic N) is 3. The number of hydrogen-bond donors (Lipinski definition) is 0. The van der Waals surface area contributed by atoms with Crippen LogP contribution in [-0.2, 0) is 10.5 Å². The Hall–Kier alpha value is -3.38. The van der Waals surface area contributed by atoms with E-state index in [1.54, 1.807) is 11.0 Å². The van der Waals surface area contributed by atoms with Gasteiger partial charge in [-0.2, -0.15) is 5.10 Å². The van der Waals surface area contributed by atoms with Crippen molar-refractivity contribution in [1.82, 2.24) is 5.01 Å². The lowest BCUT2D eigenvalue weighted by Gasteiger charge is -2.44. The summed E-state index contributed by atoms with van der Waals surface area (Å²) in [6.45, 7) is 6.33. The van der Waals surface area contributed by atoms with E-state index in [2.05, 4.69) is 59.8 Å². The average molecular weight is 500 g/mol. The van der Waals surface area contributed by atoms with Gasteiger partial charge in [0.2, 0.25) is 0 Å². The van der Waals surface area contributed by atoms with Crippen LogP contribution in [0.2, 0.25) is 0 Å². The number of anilines is 1. The van der Waals surface area contributed by atoms with Crippen molar-refractivity contribution in [3.05, 3.63) is 106 Å². The molecular formula is C27H22BrN3O2. The number of fused-ring (bicyclic) bond motifs is 6. The summed E-state index contributed by atoms with van der Waals surface area (Å²) in [4.78, 5) is 15.8. The Balaban J connectivity index is 1.58. The second-order valence-electron chi connectivity index (χ2n) is 8.63. The van der Waals surface area contributed by atoms with Gasteiger partial charge in [-0.3, -0.25) is 4.79 Å². The minimum Gasteiger partial charge on any atom is -0.453 e. The van der Waals surface area contributed by atoms with Crippen LogP contribution in [0.1, 0.15) is 34.7 Å². The lowest BCUT2D eigenvalue weighted by Crippen LogP contribution is -2.57. The highest BCUT2D eigenvalue weighted by atomic mass is 79.9. The molecule has 1 amide bonds. The summed E-state index contributed by atoms with van der Waals surface area (Å²) in [6.07, 6.45) is 2.43. The number of hydrazone groups is 1. The van der Waals surface area contributed by atoms with Crippen LogP contribution >= 0.6 is 15.9 Å². The van der Waals surface area contributed by atoms with Gasteiger partial charge >= 0.3 is 5.72 Å². The van der Waals surface area contributed by atoms with Crippen LogP contribution in [0, 0.1) is 6.92 Å². The van der Waals surface area contributed by atoms with E-state index in [-0.39, 0.29) is 11.9 Å². The van der Waals surface area contributed by atoms with Crippen LogP contribution in [0.4, 0.5) is 5.69 Å². The van der Waals surface area contributed by atoms with Crippen LogP contribution < -0.4 is 9.64 Å². The maximum Gasteiger partial charge on any atom is 0.306 e. The average Bonchev–Trinajstić information content (AvgIpc) is 3.37. The molecule has 6 rings (SSSR count). The zero-order valence-electron chi connectivity index (χ0n) is 18.2. The number of amides is 1. The van der Waals surface area contributed by atoms with Gasteiger partial charge in [0.1, 0.15) is 5.75 Å². The molecule has 0 saturated carbocycles. The Morgan fingerprint density at radius 3 is 2.76 bits per heavy atom. The monoisotopic (exact) mass is 499 g/mol. The molecule has 2 unspecified atom stereocenters. The fraction of sp³-hybridized carbons (Fsp3) is 0.185. The lowest BCUT2D eigenvalue weighted by molar-refractivity contribution is -0.163. The Morgan fingerprint density at radius 2 is 1.97 bits per heavy atom. The van der Waals surface area contributed by atoms with Crippen molar-refractivity contribution in [2.45, 2.75) is 25.1 Å². The Morgan fingerprint density at radius 1 is 1.18 bits per heavy atom. The van der Waals surface area contributed by atoms with Gasteiger partial charge in [0, 0.05) is 23.0 Å². The van der Waals surface area contributed by atoms with Crippen molar-refractivity contribution in [2.75, 3.05) is 11.4 Å². The smallest absolute Gasteiger partial charge is 0.306 e. The third-order valence-electron chi connectivity index (χ3n) is 6.61. The van der Waals surface area contributed by atoms with Gasteiger partial charge in [-0.15, -0.1) is 6.58 Å². The fourth-order valence-electron chi connectivity index (χ4n) is 5.08. The lowest BCUT2D eigenvalue weighted by atomic mass is 9.92. The van der Waals surface area contributed by atoms with E-state index in [0.29, 0.717) is 18.7 Å². The highest BCUT2D eigenvalue weighted by Crippen LogP contribution is 2.55. The molecule has 0 aliphatic carbocycles. The molecule has 0 fully saturated rings. The topological polar surface area (TPSA) is 45.1 Å². The zero-order chi connectivity index (χ0) is 22.7. The molecule has 6 heteroatoms. The molecule has 3 aromatic rings. The minimum atomic E-state index is -1.35. The first-order chi connectivity index (χ1) is 16.0. The largest absolute Gasteiger partial charge is 0.453 e. The molecule has 33 heavy (non-hydrogen) atoms. The van der Waals surface area contributed by atoms with Crippen LogP contribution in [0.15, 0.2) is 89.0 Å². The molecule has 164 valence electrons. The molecule has 1 spiro atoms. The summed E-state index contributed by atoms with van der Waals surface area (Å²) in [7, 11) is 0. The molecule has 3 aliphatic heterocycles. The van der Waals surface area contributed by atoms with Gasteiger partial charge in [-0.1, -0.05) is 70.0 Å². The van der Waals surface area contributed by atoms with Crippen LogP contribution in [0.5, 0.6) is 5.75 Å². The number of para-hydroxylation sites is 1. The molecule has 0 N–H and O–H groups in total. The standard InChI is InChI=1S/C27H22BrN3O2/c1-3-14-30-23-7-5-4-6-21(23)27(26(30)32)31-24(20-15-19(28)12-13-25(20)33-27)16-22(29-31)18-10-8-17(2)9-11-18/h3-13,15,24H,1,14,16H2,2H3. The van der Waals surface area contributed by atoms with Gasteiger partial charge in [-0.05, 0) is 36.8 Å². The van der Waals surface area contributed by atoms with Crippen LogP contribution in [0.3, 0.4) is 0 Å². The van der Waals surface area contributed by atoms with Crippen LogP contribution in [0.25, 0.3) is 0 Å². The van der Waals surface area contributed by atoms with Crippen molar-refractivity contribution in [2.24, 2.45) is 5.10 Å². The zero-order valence-corrected chi connectivity index (χ0v) is 19.7. The highest BCUT2D eigenvalue weighted by Gasteiger charge is 2.63. The van der Waals surface area contributed by atoms with E-state index in [0.717, 1.165) is 32.6 Å². The number of hydrogen-bond acceptors (Lipinski definition) is 4. The van der Waals surface area contributed by atoms with Gasteiger partial charge in [0.25, 0.3) is 5.91 Å². The molecule has 2 atom stereocenters. The quantitative estimate of drug-likeness (QED) is 0.435. The predicted molar refractivity (Wildman–Crippen MR) is 132 cm³/mol. The maximum absolute atomic E-state index is 14.1. The molecule has 3 heterocycles. The number of rotatable bonds is 3. The first-order valence-corrected chi connectivity index (χ1v) is 11.8. The maximum atomic E-state index is 14.1. The van der Waals surface area contributed by atoms with Gasteiger partial charge in [0.15, 0.2) is 0 Å². The number of carbonyl (C=O) groups is 1. The summed E-state index contributed by atoms with van der Waals surface area (Å²) in [5.41, 5.74) is 4.52. The summed E-state index contributed by atoms with van der Waals surface area (Å²) in [5, 5.41) is 6.94. The number of carbonyl (C=O) groups excluding carboxylic acids is 1. The number of aryl methyl sites for hydroxylation is 1. The summed E-state index contributed by atoms with van der Waals surface area (Å²) >= 11 is 3.60. The third-order valence-corrected chi connectivity index (χ3v) is 7.11. The van der Waals surface area contributed by atoms with E-state index in [1.165, 1.54) is 5.56 Å². The van der Waals surface area contributed by atoms with Gasteiger partial charge in [-0.25, -0.2) is 5.01 Å². The second kappa shape index (κ2) is 7.32. The van der Waals surface area contributed by atoms with E-state index >= 15 is 0 Å². The first kappa shape index (κ1) is 20.2. The molecule has 5 nitrogen and oxygen atoms in total. The number of benzene rings is 3. The van der Waals surface area contributed by atoms with Crippen molar-refractivity contribution in [3.8, 4) is 5.75 Å². The van der Waals surface area contributed by atoms with E-state index in [1.807, 2.05) is 41.4 Å². The van der Waals surface area contributed by atoms with E-state index < -0.39 is 5.72 Å². The Labute approximate surface area is 201 Å². The van der Waals surface area contributed by atoms with Crippen LogP contribution in [-0.4, -0.2) is 23.2 Å². The Bertz CT molecular complexity index is 1330. The molecule has 0 radical (unpaired) electrons. The van der Waals surface area contributed by atoms with E-state index in [4.69, 9.17) is 9.84 Å². The summed E-state index contributed by atoms with van der Waals surface area (Å²) in [6, 6.07) is 22.0. The summed E-state index contributed by atoms with van der Waals surface area (Å²) in [5.74, 6) is 0.569. The molecular weight excluding hydrogens is 478 g/mol. The fourth-order valence-corrected chi connectivity index (χ4v) is 5.45. The van der Waals surface area contributed by atoms with Crippen molar-refractivity contribution >= 4 is 33.2 Å². The normalized spacial score (nSPS) is 22.5. The Kier molecular flexibility index (Phi) is 4.49. The van der Waals surface area contributed by atoms with Crippen molar-refractivity contribution in [1.29, 1.82) is 0 Å². The molecule has 3 aliphatic rings. The molecule has 0 saturated heterocycles. The molecule has 0 aromatic heterocycles. The number of halogens is 1. The predicted octanol–water partition coefficient (Wildman–Crippen LogP) is 5.69. The van der Waals surface area contributed by atoms with Crippen molar-refractivity contribution in [3.63, 3.8) is 0 Å². The summed E-state index contributed by atoms with van der Waals surface area (Å²) < 4.78 is 7.61. The minimum absolute atomic E-state index is 0.122. The highest BCUT2D eigenvalue weighted by molar-refractivity contribution is 9.10.